The number of benzene rings is 1. The van der Waals surface area contributed by atoms with Crippen LogP contribution in [-0.2, 0) is 0 Å². The smallest absolute Gasteiger partial charge is 0.0622 e. The van der Waals surface area contributed by atoms with Crippen molar-refractivity contribution in [2.75, 3.05) is 14.1 Å². The fourth-order valence-corrected chi connectivity index (χ4v) is 2.21. The Morgan fingerprint density at radius 3 is 2.17 bits per heavy atom. The van der Waals surface area contributed by atoms with Gasteiger partial charge in [0.1, 0.15) is 0 Å². The Hall–Kier alpha value is -1.33. The molecule has 1 aromatic carbocycles. The lowest BCUT2D eigenvalue weighted by Crippen LogP contribution is -2.19. The molecule has 2 nitrogen and oxygen atoms in total. The molecular weight excluding hydrogens is 220 g/mol. The van der Waals surface area contributed by atoms with Gasteiger partial charge in [0.2, 0.25) is 0 Å². The van der Waals surface area contributed by atoms with E-state index in [0.29, 0.717) is 18.4 Å². The maximum absolute atomic E-state index is 8.72. The molecular formula is C16H24N2. The first kappa shape index (κ1) is 14.7. The van der Waals surface area contributed by atoms with Crippen molar-refractivity contribution in [1.82, 2.24) is 4.90 Å². The van der Waals surface area contributed by atoms with Gasteiger partial charge in [-0.05, 0) is 44.0 Å². The Bertz CT molecular complexity index is 387. The molecule has 0 radical (unpaired) electrons. The lowest BCUT2D eigenvalue weighted by Gasteiger charge is -2.24. The predicted molar refractivity (Wildman–Crippen MR) is 76.4 cm³/mol. The van der Waals surface area contributed by atoms with E-state index in [1.807, 2.05) is 0 Å². The lowest BCUT2D eigenvalue weighted by atomic mass is 9.94. The normalized spacial score (nSPS) is 14.2. The number of hydrogen-bond acceptors (Lipinski definition) is 2. The summed E-state index contributed by atoms with van der Waals surface area (Å²) in [6, 6.07) is 11.5. The van der Waals surface area contributed by atoms with Crippen LogP contribution in [0.15, 0.2) is 24.3 Å². The average molecular weight is 244 g/mol. The van der Waals surface area contributed by atoms with Gasteiger partial charge in [0.15, 0.2) is 0 Å². The van der Waals surface area contributed by atoms with Gasteiger partial charge in [-0.1, -0.05) is 38.1 Å². The summed E-state index contributed by atoms with van der Waals surface area (Å²) in [7, 11) is 4.15. The van der Waals surface area contributed by atoms with E-state index < -0.39 is 0 Å². The van der Waals surface area contributed by atoms with E-state index in [-0.39, 0.29) is 0 Å². The van der Waals surface area contributed by atoms with Gasteiger partial charge in [-0.3, -0.25) is 0 Å². The molecule has 0 saturated carbocycles. The van der Waals surface area contributed by atoms with E-state index >= 15 is 0 Å². The highest BCUT2D eigenvalue weighted by Gasteiger charge is 2.14. The molecule has 1 rings (SSSR count). The van der Waals surface area contributed by atoms with Crippen LogP contribution in [0.4, 0.5) is 0 Å². The van der Waals surface area contributed by atoms with Gasteiger partial charge < -0.3 is 4.90 Å². The third-order valence-electron chi connectivity index (χ3n) is 3.66. The van der Waals surface area contributed by atoms with E-state index in [9.17, 15) is 0 Å². The zero-order valence-electron chi connectivity index (χ0n) is 12.0. The van der Waals surface area contributed by atoms with Gasteiger partial charge >= 0.3 is 0 Å². The number of nitriles is 1. The van der Waals surface area contributed by atoms with Gasteiger partial charge in [-0.15, -0.1) is 0 Å². The molecule has 0 heterocycles. The fourth-order valence-electron chi connectivity index (χ4n) is 2.21. The molecule has 0 amide bonds. The third kappa shape index (κ3) is 3.85. The molecule has 0 N–H and O–H groups in total. The SMILES string of the molecule is CCC(C)c1ccc(C(CCC#N)N(C)C)cc1. The van der Waals surface area contributed by atoms with Gasteiger partial charge in [0.05, 0.1) is 6.07 Å². The Morgan fingerprint density at radius 1 is 1.17 bits per heavy atom. The minimum absolute atomic E-state index is 0.343. The summed E-state index contributed by atoms with van der Waals surface area (Å²) in [6.45, 7) is 4.47. The van der Waals surface area contributed by atoms with E-state index in [1.165, 1.54) is 17.5 Å². The number of rotatable bonds is 6. The lowest BCUT2D eigenvalue weighted by molar-refractivity contribution is 0.286. The molecule has 2 heteroatoms. The number of nitrogens with zero attached hydrogens (tertiary/aromatic N) is 2. The van der Waals surface area contributed by atoms with Crippen molar-refractivity contribution in [3.8, 4) is 6.07 Å². The molecule has 0 aliphatic carbocycles. The molecule has 98 valence electrons. The summed E-state index contributed by atoms with van der Waals surface area (Å²) in [5.41, 5.74) is 2.71. The minimum Gasteiger partial charge on any atom is -0.302 e. The van der Waals surface area contributed by atoms with Gasteiger partial charge in [0, 0.05) is 12.5 Å². The minimum atomic E-state index is 0.343. The molecule has 0 aliphatic rings. The molecule has 0 fully saturated rings. The molecule has 0 bridgehead atoms. The van der Waals surface area contributed by atoms with Crippen LogP contribution in [-0.4, -0.2) is 19.0 Å². The Labute approximate surface area is 111 Å². The zero-order chi connectivity index (χ0) is 13.5. The second kappa shape index (κ2) is 7.18. The van der Waals surface area contributed by atoms with E-state index in [1.54, 1.807) is 0 Å². The summed E-state index contributed by atoms with van der Waals surface area (Å²) in [6.07, 6.45) is 2.67. The maximum atomic E-state index is 8.72. The summed E-state index contributed by atoms with van der Waals surface area (Å²) >= 11 is 0. The summed E-state index contributed by atoms with van der Waals surface area (Å²) in [4.78, 5) is 2.19. The van der Waals surface area contributed by atoms with Crippen LogP contribution in [0.25, 0.3) is 0 Å². The van der Waals surface area contributed by atoms with E-state index in [4.69, 9.17) is 5.26 Å². The zero-order valence-corrected chi connectivity index (χ0v) is 12.0. The summed E-state index contributed by atoms with van der Waals surface area (Å²) < 4.78 is 0. The topological polar surface area (TPSA) is 27.0 Å². The van der Waals surface area contributed by atoms with Crippen molar-refractivity contribution >= 4 is 0 Å². The van der Waals surface area contributed by atoms with E-state index in [0.717, 1.165) is 6.42 Å². The standard InChI is InChI=1S/C16H24N2/c1-5-13(2)14-8-10-15(11-9-14)16(18(3)4)7-6-12-17/h8-11,13,16H,5-7H2,1-4H3. The third-order valence-corrected chi connectivity index (χ3v) is 3.66. The average Bonchev–Trinajstić information content (AvgIpc) is 2.38. The number of hydrogen-bond donors (Lipinski definition) is 0. The van der Waals surface area contributed by atoms with Gasteiger partial charge in [0.25, 0.3) is 0 Å². The van der Waals surface area contributed by atoms with Gasteiger partial charge in [-0.25, -0.2) is 0 Å². The first-order valence-electron chi connectivity index (χ1n) is 6.73. The van der Waals surface area contributed by atoms with Crippen molar-refractivity contribution < 1.29 is 0 Å². The first-order chi connectivity index (χ1) is 8.60. The van der Waals surface area contributed by atoms with Crippen LogP contribution in [0.2, 0.25) is 0 Å². The van der Waals surface area contributed by atoms with Crippen LogP contribution in [0, 0.1) is 11.3 Å². The molecule has 0 aliphatic heterocycles. The van der Waals surface area contributed by atoms with Crippen LogP contribution in [0.1, 0.15) is 56.2 Å². The highest BCUT2D eigenvalue weighted by Crippen LogP contribution is 2.26. The second-order valence-electron chi connectivity index (χ2n) is 5.15. The predicted octanol–water partition coefficient (Wildman–Crippen LogP) is 4.11. The Balaban J connectivity index is 2.84. The first-order valence-corrected chi connectivity index (χ1v) is 6.73. The Kier molecular flexibility index (Phi) is 5.88. The van der Waals surface area contributed by atoms with Crippen molar-refractivity contribution in [3.05, 3.63) is 35.4 Å². The molecule has 0 aromatic heterocycles. The highest BCUT2D eigenvalue weighted by atomic mass is 15.1. The molecule has 0 spiro atoms. The molecule has 18 heavy (non-hydrogen) atoms. The van der Waals surface area contributed by atoms with Crippen molar-refractivity contribution in [3.63, 3.8) is 0 Å². The molecule has 0 saturated heterocycles. The van der Waals surface area contributed by atoms with Crippen molar-refractivity contribution in [1.29, 1.82) is 5.26 Å². The van der Waals surface area contributed by atoms with Crippen LogP contribution in [0.3, 0.4) is 0 Å². The quantitative estimate of drug-likeness (QED) is 0.753. The van der Waals surface area contributed by atoms with Crippen molar-refractivity contribution in [2.45, 2.75) is 45.1 Å². The molecule has 2 atom stereocenters. The van der Waals surface area contributed by atoms with E-state index in [2.05, 4.69) is 63.2 Å². The largest absolute Gasteiger partial charge is 0.302 e. The monoisotopic (exact) mass is 244 g/mol. The van der Waals surface area contributed by atoms with Crippen LogP contribution >= 0.6 is 0 Å². The van der Waals surface area contributed by atoms with Crippen molar-refractivity contribution in [2.24, 2.45) is 0 Å². The Morgan fingerprint density at radius 2 is 1.72 bits per heavy atom. The summed E-state index contributed by atoms with van der Waals surface area (Å²) in [5, 5.41) is 8.72. The summed E-state index contributed by atoms with van der Waals surface area (Å²) in [5.74, 6) is 0.621. The fraction of sp³-hybridized carbons (Fsp3) is 0.562. The maximum Gasteiger partial charge on any atom is 0.0622 e. The van der Waals surface area contributed by atoms with Crippen LogP contribution in [0.5, 0.6) is 0 Å². The van der Waals surface area contributed by atoms with Crippen LogP contribution < -0.4 is 0 Å². The van der Waals surface area contributed by atoms with Gasteiger partial charge in [-0.2, -0.15) is 5.26 Å². The highest BCUT2D eigenvalue weighted by molar-refractivity contribution is 5.27. The second-order valence-corrected chi connectivity index (χ2v) is 5.15. The molecule has 1 aromatic rings. The molecule has 2 unspecified atom stereocenters.